The number of hydrogen-bond donors (Lipinski definition) is 1. The molecular weight excluding hydrogens is 222 g/mol. The highest BCUT2D eigenvalue weighted by Crippen LogP contribution is 2.14. The number of hydrogen-bond acceptors (Lipinski definition) is 5. The normalized spacial score (nSPS) is 11.7. The van der Waals surface area contributed by atoms with Crippen molar-refractivity contribution in [2.24, 2.45) is 5.73 Å². The Morgan fingerprint density at radius 2 is 2.06 bits per heavy atom. The lowest BCUT2D eigenvalue weighted by Crippen LogP contribution is -2.33. The van der Waals surface area contributed by atoms with E-state index in [1.54, 1.807) is 24.3 Å². The third-order valence-electron chi connectivity index (χ3n) is 2.30. The molecule has 0 amide bonds. The highest BCUT2D eigenvalue weighted by atomic mass is 16.5. The van der Waals surface area contributed by atoms with E-state index in [1.807, 2.05) is 0 Å². The van der Waals surface area contributed by atoms with Crippen molar-refractivity contribution >= 4 is 11.8 Å². The molecule has 0 aliphatic rings. The van der Waals surface area contributed by atoms with Crippen molar-refractivity contribution in [2.45, 2.75) is 12.5 Å². The lowest BCUT2D eigenvalue weighted by atomic mass is 10.0. The van der Waals surface area contributed by atoms with E-state index < -0.39 is 12.0 Å². The molecule has 1 aromatic carbocycles. The van der Waals surface area contributed by atoms with Crippen LogP contribution in [0, 0.1) is 0 Å². The van der Waals surface area contributed by atoms with Gasteiger partial charge in [0.2, 0.25) is 0 Å². The van der Waals surface area contributed by atoms with Gasteiger partial charge < -0.3 is 15.2 Å². The third-order valence-corrected chi connectivity index (χ3v) is 2.30. The summed E-state index contributed by atoms with van der Waals surface area (Å²) >= 11 is 0. The molecule has 0 aliphatic heterocycles. The van der Waals surface area contributed by atoms with E-state index in [0.29, 0.717) is 11.3 Å². The van der Waals surface area contributed by atoms with Crippen LogP contribution in [-0.2, 0) is 9.53 Å². The number of esters is 1. The molecule has 0 radical (unpaired) electrons. The van der Waals surface area contributed by atoms with Crippen molar-refractivity contribution < 1.29 is 19.1 Å². The van der Waals surface area contributed by atoms with Crippen LogP contribution in [0.15, 0.2) is 24.3 Å². The van der Waals surface area contributed by atoms with Crippen molar-refractivity contribution in [3.05, 3.63) is 29.8 Å². The van der Waals surface area contributed by atoms with Crippen LogP contribution in [0.1, 0.15) is 16.8 Å². The number of nitrogens with two attached hydrogens (primary N) is 1. The molecule has 0 saturated carbocycles. The number of ketones is 1. The second kappa shape index (κ2) is 6.00. The number of benzene rings is 1. The molecule has 0 spiro atoms. The van der Waals surface area contributed by atoms with Gasteiger partial charge in [-0.2, -0.15) is 0 Å². The molecule has 92 valence electrons. The lowest BCUT2D eigenvalue weighted by molar-refractivity contribution is -0.142. The van der Waals surface area contributed by atoms with Gasteiger partial charge in [-0.3, -0.25) is 9.59 Å². The summed E-state index contributed by atoms with van der Waals surface area (Å²) in [4.78, 5) is 22.9. The van der Waals surface area contributed by atoms with Crippen molar-refractivity contribution in [3.8, 4) is 5.75 Å². The standard InChI is InChI=1S/C12H15NO4/c1-16-9-5-3-4-8(6-9)11(14)7-10(13)12(15)17-2/h3-6,10H,7,13H2,1-2H3. The van der Waals surface area contributed by atoms with Gasteiger partial charge in [0.15, 0.2) is 5.78 Å². The largest absolute Gasteiger partial charge is 0.497 e. The lowest BCUT2D eigenvalue weighted by Gasteiger charge is -2.08. The molecule has 0 saturated heterocycles. The summed E-state index contributed by atoms with van der Waals surface area (Å²) in [6.07, 6.45) is -0.0835. The number of Topliss-reactive ketones (excluding diaryl/α,β-unsaturated/α-hetero) is 1. The van der Waals surface area contributed by atoms with E-state index in [-0.39, 0.29) is 12.2 Å². The fourth-order valence-electron chi connectivity index (χ4n) is 1.35. The second-order valence-corrected chi connectivity index (χ2v) is 3.49. The Labute approximate surface area is 99.5 Å². The first-order chi connectivity index (χ1) is 8.08. The van der Waals surface area contributed by atoms with Crippen LogP contribution in [0.4, 0.5) is 0 Å². The monoisotopic (exact) mass is 237 g/mol. The van der Waals surface area contributed by atoms with Crippen LogP contribution in [-0.4, -0.2) is 32.0 Å². The summed E-state index contributed by atoms with van der Waals surface area (Å²) in [5.74, 6) is -0.231. The van der Waals surface area contributed by atoms with Gasteiger partial charge in [0.05, 0.1) is 14.2 Å². The van der Waals surface area contributed by atoms with Gasteiger partial charge >= 0.3 is 5.97 Å². The van der Waals surface area contributed by atoms with E-state index >= 15 is 0 Å². The van der Waals surface area contributed by atoms with E-state index in [2.05, 4.69) is 4.74 Å². The molecule has 5 heteroatoms. The number of carbonyl (C=O) groups is 2. The maximum absolute atomic E-state index is 11.8. The minimum Gasteiger partial charge on any atom is -0.497 e. The minimum absolute atomic E-state index is 0.0835. The van der Waals surface area contributed by atoms with Gasteiger partial charge in [0.25, 0.3) is 0 Å². The first-order valence-electron chi connectivity index (χ1n) is 5.09. The van der Waals surface area contributed by atoms with Crippen molar-refractivity contribution in [1.82, 2.24) is 0 Å². The number of carbonyl (C=O) groups excluding carboxylic acids is 2. The van der Waals surface area contributed by atoms with Crippen molar-refractivity contribution in [1.29, 1.82) is 0 Å². The molecule has 2 N–H and O–H groups in total. The highest BCUT2D eigenvalue weighted by Gasteiger charge is 2.19. The summed E-state index contributed by atoms with van der Waals surface area (Å²) in [5, 5.41) is 0. The quantitative estimate of drug-likeness (QED) is 0.604. The maximum Gasteiger partial charge on any atom is 0.323 e. The fourth-order valence-corrected chi connectivity index (χ4v) is 1.35. The maximum atomic E-state index is 11.8. The number of ether oxygens (including phenoxy) is 2. The average Bonchev–Trinajstić information content (AvgIpc) is 2.37. The summed E-state index contributed by atoms with van der Waals surface area (Å²) in [5.41, 5.74) is 5.97. The van der Waals surface area contributed by atoms with Gasteiger partial charge in [-0.15, -0.1) is 0 Å². The zero-order chi connectivity index (χ0) is 12.8. The Morgan fingerprint density at radius 3 is 2.65 bits per heavy atom. The molecule has 1 rings (SSSR count). The molecule has 0 bridgehead atoms. The van der Waals surface area contributed by atoms with E-state index in [9.17, 15) is 9.59 Å². The molecular formula is C12H15NO4. The Bertz CT molecular complexity index is 417. The summed E-state index contributed by atoms with van der Waals surface area (Å²) in [6.45, 7) is 0. The third kappa shape index (κ3) is 3.57. The Kier molecular flexibility index (Phi) is 4.66. The van der Waals surface area contributed by atoms with Gasteiger partial charge in [-0.25, -0.2) is 0 Å². The molecule has 5 nitrogen and oxygen atoms in total. The van der Waals surface area contributed by atoms with Crippen LogP contribution in [0.3, 0.4) is 0 Å². The van der Waals surface area contributed by atoms with Crippen LogP contribution in [0.5, 0.6) is 5.75 Å². The first-order valence-corrected chi connectivity index (χ1v) is 5.09. The van der Waals surface area contributed by atoms with E-state index in [4.69, 9.17) is 10.5 Å². The van der Waals surface area contributed by atoms with Crippen molar-refractivity contribution in [2.75, 3.05) is 14.2 Å². The van der Waals surface area contributed by atoms with E-state index in [1.165, 1.54) is 14.2 Å². The van der Waals surface area contributed by atoms with Gasteiger partial charge in [0.1, 0.15) is 11.8 Å². The van der Waals surface area contributed by atoms with Crippen LogP contribution in [0.2, 0.25) is 0 Å². The van der Waals surface area contributed by atoms with Crippen molar-refractivity contribution in [3.63, 3.8) is 0 Å². The Balaban J connectivity index is 2.72. The van der Waals surface area contributed by atoms with Crippen LogP contribution >= 0.6 is 0 Å². The molecule has 1 aromatic rings. The smallest absolute Gasteiger partial charge is 0.323 e. The molecule has 17 heavy (non-hydrogen) atoms. The summed E-state index contributed by atoms with van der Waals surface area (Å²) in [6, 6.07) is 5.76. The summed E-state index contributed by atoms with van der Waals surface area (Å²) < 4.78 is 9.46. The van der Waals surface area contributed by atoms with Gasteiger partial charge in [0, 0.05) is 12.0 Å². The van der Waals surface area contributed by atoms with Gasteiger partial charge in [-0.1, -0.05) is 12.1 Å². The average molecular weight is 237 g/mol. The fraction of sp³-hybridized carbons (Fsp3) is 0.333. The highest BCUT2D eigenvalue weighted by molar-refractivity contribution is 5.99. The molecule has 0 aliphatic carbocycles. The predicted molar refractivity (Wildman–Crippen MR) is 61.9 cm³/mol. The molecule has 0 aromatic heterocycles. The van der Waals surface area contributed by atoms with Crippen LogP contribution in [0.25, 0.3) is 0 Å². The second-order valence-electron chi connectivity index (χ2n) is 3.49. The molecule has 0 heterocycles. The number of methoxy groups -OCH3 is 2. The number of rotatable bonds is 5. The Morgan fingerprint density at radius 1 is 1.35 bits per heavy atom. The minimum atomic E-state index is -0.932. The molecule has 1 atom stereocenters. The van der Waals surface area contributed by atoms with Crippen LogP contribution < -0.4 is 10.5 Å². The zero-order valence-electron chi connectivity index (χ0n) is 9.80. The first kappa shape index (κ1) is 13.2. The summed E-state index contributed by atoms with van der Waals surface area (Å²) in [7, 11) is 2.75. The zero-order valence-corrected chi connectivity index (χ0v) is 9.80. The van der Waals surface area contributed by atoms with E-state index in [0.717, 1.165) is 0 Å². The SMILES string of the molecule is COC(=O)C(N)CC(=O)c1cccc(OC)c1. The molecule has 1 unspecified atom stereocenters. The van der Waals surface area contributed by atoms with Gasteiger partial charge in [-0.05, 0) is 12.1 Å². The molecule has 0 fully saturated rings. The predicted octanol–water partition coefficient (Wildman–Crippen LogP) is 0.768. The Hall–Kier alpha value is -1.88. The topological polar surface area (TPSA) is 78.6 Å².